The topological polar surface area (TPSA) is 44.1 Å². The Balaban J connectivity index is 2.51. The quantitative estimate of drug-likeness (QED) is 0.862. The number of rotatable bonds is 4. The van der Waals surface area contributed by atoms with Crippen molar-refractivity contribution < 1.29 is 9.13 Å². The number of hydrogen-bond donors (Lipinski definition) is 0. The van der Waals surface area contributed by atoms with Crippen LogP contribution in [0.5, 0.6) is 5.75 Å². The lowest BCUT2D eigenvalue weighted by atomic mass is 10.0. The zero-order chi connectivity index (χ0) is 14.7. The summed E-state index contributed by atoms with van der Waals surface area (Å²) in [5.74, 6) is 0.0689. The summed E-state index contributed by atoms with van der Waals surface area (Å²) < 4.78 is 20.1. The number of methoxy groups -OCH3 is 1. The highest BCUT2D eigenvalue weighted by Crippen LogP contribution is 2.15. The molecule has 0 amide bonds. The van der Waals surface area contributed by atoms with E-state index < -0.39 is 5.82 Å². The van der Waals surface area contributed by atoms with E-state index in [9.17, 15) is 9.18 Å². The van der Waals surface area contributed by atoms with Crippen molar-refractivity contribution in [3.8, 4) is 11.6 Å². The normalized spacial score (nSPS) is 10.8. The predicted octanol–water partition coefficient (Wildman–Crippen LogP) is 2.58. The summed E-state index contributed by atoms with van der Waals surface area (Å²) in [6.45, 7) is 4.06. The van der Waals surface area contributed by atoms with Crippen LogP contribution in [0.15, 0.2) is 35.4 Å². The maximum absolute atomic E-state index is 14.0. The standard InChI is InChI=1S/C15H17FN2O2/c1-10(2)7-11-5-4-6-18(15(11)19)14-13(16)8-12(20-3)9-17-14/h4-6,8-10H,7H2,1-3H3. The Morgan fingerprint density at radius 2 is 2.20 bits per heavy atom. The molecule has 2 aromatic rings. The molecule has 0 N–H and O–H groups in total. The minimum atomic E-state index is -0.590. The molecule has 0 bridgehead atoms. The van der Waals surface area contributed by atoms with Crippen molar-refractivity contribution in [3.05, 3.63) is 52.3 Å². The highest BCUT2D eigenvalue weighted by Gasteiger charge is 2.12. The Morgan fingerprint density at radius 1 is 1.45 bits per heavy atom. The van der Waals surface area contributed by atoms with Crippen molar-refractivity contribution in [2.24, 2.45) is 5.92 Å². The lowest BCUT2D eigenvalue weighted by molar-refractivity contribution is 0.408. The molecule has 2 rings (SSSR count). The van der Waals surface area contributed by atoms with E-state index in [1.165, 1.54) is 30.1 Å². The second-order valence-electron chi connectivity index (χ2n) is 4.99. The molecule has 0 atom stereocenters. The molecule has 0 fully saturated rings. The maximum Gasteiger partial charge on any atom is 0.259 e. The van der Waals surface area contributed by atoms with Crippen molar-refractivity contribution in [2.75, 3.05) is 7.11 Å². The van der Waals surface area contributed by atoms with Gasteiger partial charge in [-0.15, -0.1) is 0 Å². The molecule has 106 valence electrons. The number of hydrogen-bond acceptors (Lipinski definition) is 3. The molecule has 5 heteroatoms. The molecule has 2 aromatic heterocycles. The highest BCUT2D eigenvalue weighted by atomic mass is 19.1. The third kappa shape index (κ3) is 2.87. The average Bonchev–Trinajstić information content (AvgIpc) is 2.41. The summed E-state index contributed by atoms with van der Waals surface area (Å²) in [4.78, 5) is 16.3. The van der Waals surface area contributed by atoms with Crippen LogP contribution in [0.1, 0.15) is 19.4 Å². The first-order valence-corrected chi connectivity index (χ1v) is 6.43. The molecule has 0 unspecified atom stereocenters. The van der Waals surface area contributed by atoms with Gasteiger partial charge in [0.1, 0.15) is 5.75 Å². The van der Waals surface area contributed by atoms with E-state index in [-0.39, 0.29) is 11.4 Å². The molecule has 0 saturated heterocycles. The SMILES string of the molecule is COc1cnc(-n2cccc(CC(C)C)c2=O)c(F)c1. The lowest BCUT2D eigenvalue weighted by Gasteiger charge is -2.10. The molecular formula is C15H17FN2O2. The van der Waals surface area contributed by atoms with Crippen molar-refractivity contribution >= 4 is 0 Å². The highest BCUT2D eigenvalue weighted by molar-refractivity contribution is 5.32. The van der Waals surface area contributed by atoms with Gasteiger partial charge in [-0.1, -0.05) is 19.9 Å². The van der Waals surface area contributed by atoms with E-state index in [0.717, 1.165) is 0 Å². The van der Waals surface area contributed by atoms with Gasteiger partial charge in [0.15, 0.2) is 11.6 Å². The minimum Gasteiger partial charge on any atom is -0.495 e. The van der Waals surface area contributed by atoms with E-state index in [1.807, 2.05) is 13.8 Å². The van der Waals surface area contributed by atoms with Crippen LogP contribution in [0.4, 0.5) is 4.39 Å². The van der Waals surface area contributed by atoms with Crippen LogP contribution in [0, 0.1) is 11.7 Å². The third-order valence-corrected chi connectivity index (χ3v) is 2.91. The summed E-state index contributed by atoms with van der Waals surface area (Å²) in [5, 5.41) is 0. The van der Waals surface area contributed by atoms with E-state index >= 15 is 0 Å². The Bertz CT molecular complexity index is 665. The maximum atomic E-state index is 14.0. The van der Waals surface area contributed by atoms with Crippen LogP contribution < -0.4 is 10.3 Å². The van der Waals surface area contributed by atoms with Gasteiger partial charge in [-0.05, 0) is 18.4 Å². The van der Waals surface area contributed by atoms with Crippen LogP contribution in [-0.4, -0.2) is 16.7 Å². The van der Waals surface area contributed by atoms with Gasteiger partial charge < -0.3 is 4.74 Å². The van der Waals surface area contributed by atoms with Crippen LogP contribution in [0.2, 0.25) is 0 Å². The molecule has 20 heavy (non-hydrogen) atoms. The van der Waals surface area contributed by atoms with E-state index in [2.05, 4.69) is 4.98 Å². The molecule has 0 aromatic carbocycles. The zero-order valence-electron chi connectivity index (χ0n) is 11.8. The molecule has 0 aliphatic heterocycles. The lowest BCUT2D eigenvalue weighted by Crippen LogP contribution is -2.24. The summed E-state index contributed by atoms with van der Waals surface area (Å²) in [7, 11) is 1.44. The average molecular weight is 276 g/mol. The third-order valence-electron chi connectivity index (χ3n) is 2.91. The molecule has 0 radical (unpaired) electrons. The fraction of sp³-hybridized carbons (Fsp3) is 0.333. The molecule has 0 aliphatic carbocycles. The molecular weight excluding hydrogens is 259 g/mol. The van der Waals surface area contributed by atoms with E-state index in [4.69, 9.17) is 4.74 Å². The van der Waals surface area contributed by atoms with Gasteiger partial charge in [0.25, 0.3) is 5.56 Å². The molecule has 2 heterocycles. The van der Waals surface area contributed by atoms with Crippen LogP contribution in [0.3, 0.4) is 0 Å². The van der Waals surface area contributed by atoms with Gasteiger partial charge in [-0.3, -0.25) is 9.36 Å². The van der Waals surface area contributed by atoms with Gasteiger partial charge in [-0.25, -0.2) is 9.37 Å². The van der Waals surface area contributed by atoms with Crippen LogP contribution in [-0.2, 0) is 6.42 Å². The first-order chi connectivity index (χ1) is 9.52. The largest absolute Gasteiger partial charge is 0.495 e. The van der Waals surface area contributed by atoms with Gasteiger partial charge in [0.2, 0.25) is 0 Å². The summed E-state index contributed by atoms with van der Waals surface area (Å²) in [5.41, 5.74) is 0.414. The number of pyridine rings is 2. The van der Waals surface area contributed by atoms with Crippen molar-refractivity contribution in [3.63, 3.8) is 0 Å². The number of nitrogens with zero attached hydrogens (tertiary/aromatic N) is 2. The van der Waals surface area contributed by atoms with Gasteiger partial charge >= 0.3 is 0 Å². The summed E-state index contributed by atoms with van der Waals surface area (Å²) in [6.07, 6.45) is 3.56. The number of halogens is 1. The van der Waals surface area contributed by atoms with E-state index in [0.29, 0.717) is 23.7 Å². The van der Waals surface area contributed by atoms with Gasteiger partial charge in [0.05, 0.1) is 13.3 Å². The molecule has 0 aliphatic rings. The molecule has 4 nitrogen and oxygen atoms in total. The zero-order valence-corrected chi connectivity index (χ0v) is 11.8. The number of aromatic nitrogens is 2. The number of ether oxygens (including phenoxy) is 1. The van der Waals surface area contributed by atoms with Crippen molar-refractivity contribution in [2.45, 2.75) is 20.3 Å². The Morgan fingerprint density at radius 3 is 2.80 bits per heavy atom. The monoisotopic (exact) mass is 276 g/mol. The summed E-state index contributed by atoms with van der Waals surface area (Å²) in [6, 6.07) is 4.70. The first-order valence-electron chi connectivity index (χ1n) is 6.43. The van der Waals surface area contributed by atoms with Crippen LogP contribution >= 0.6 is 0 Å². The smallest absolute Gasteiger partial charge is 0.259 e. The van der Waals surface area contributed by atoms with Gasteiger partial charge in [0, 0.05) is 17.8 Å². The molecule has 0 spiro atoms. The van der Waals surface area contributed by atoms with E-state index in [1.54, 1.807) is 12.1 Å². The Labute approximate surface area is 116 Å². The fourth-order valence-electron chi connectivity index (χ4n) is 2.00. The Hall–Kier alpha value is -2.17. The minimum absolute atomic E-state index is 0.0126. The second kappa shape index (κ2) is 5.86. The van der Waals surface area contributed by atoms with Gasteiger partial charge in [-0.2, -0.15) is 0 Å². The van der Waals surface area contributed by atoms with Crippen LogP contribution in [0.25, 0.3) is 5.82 Å². The molecule has 0 saturated carbocycles. The second-order valence-corrected chi connectivity index (χ2v) is 4.99. The first kappa shape index (κ1) is 14.2. The summed E-state index contributed by atoms with van der Waals surface area (Å²) >= 11 is 0. The predicted molar refractivity (Wildman–Crippen MR) is 74.9 cm³/mol. The fourth-order valence-corrected chi connectivity index (χ4v) is 2.00. The Kier molecular flexibility index (Phi) is 4.17. The van der Waals surface area contributed by atoms with Crippen molar-refractivity contribution in [1.29, 1.82) is 0 Å². The van der Waals surface area contributed by atoms with Crippen molar-refractivity contribution in [1.82, 2.24) is 9.55 Å².